The molecule has 6 amide bonds. The fraction of sp³-hybridized carbons (Fsp3) is 0.771. The molecule has 0 saturated heterocycles. The van der Waals surface area contributed by atoms with Crippen LogP contribution in [0.2, 0.25) is 0 Å². The number of guanidine groups is 1. The number of thioether (sulfide) groups is 1. The van der Waals surface area contributed by atoms with E-state index in [9.17, 15) is 43.8 Å². The summed E-state index contributed by atoms with van der Waals surface area (Å²) in [4.78, 5) is 95.7. The molecule has 0 radical (unpaired) electrons. The van der Waals surface area contributed by atoms with Gasteiger partial charge in [0.15, 0.2) is 5.96 Å². The largest absolute Gasteiger partial charge is 0.480 e. The topological polar surface area (TPSA) is 323 Å². The van der Waals surface area contributed by atoms with Crippen molar-refractivity contribution in [3.05, 3.63) is 0 Å². The van der Waals surface area contributed by atoms with Crippen molar-refractivity contribution in [3.8, 4) is 0 Å². The van der Waals surface area contributed by atoms with Crippen molar-refractivity contribution >= 4 is 59.1 Å². The summed E-state index contributed by atoms with van der Waals surface area (Å²) in [6.45, 7) is 12.6. The number of aliphatic carboxylic acids is 1. The number of nitrogens with zero attached hydrogens (tertiary/aromatic N) is 1. The predicted molar refractivity (Wildman–Crippen MR) is 211 cm³/mol. The van der Waals surface area contributed by atoms with Gasteiger partial charge in [-0.25, -0.2) is 4.79 Å². The first-order chi connectivity index (χ1) is 25.6. The molecular weight excluding hydrogens is 737 g/mol. The van der Waals surface area contributed by atoms with Crippen LogP contribution in [0.25, 0.3) is 0 Å². The third-order valence-corrected chi connectivity index (χ3v) is 9.53. The van der Waals surface area contributed by atoms with Crippen molar-refractivity contribution in [2.24, 2.45) is 45.9 Å². The average Bonchev–Trinajstić information content (AvgIpc) is 3.11. The van der Waals surface area contributed by atoms with Crippen molar-refractivity contribution in [1.82, 2.24) is 31.9 Å². The Labute approximate surface area is 328 Å². The van der Waals surface area contributed by atoms with Crippen LogP contribution in [0.3, 0.4) is 0 Å². The Balaban J connectivity index is 6.10. The number of carbonyl (C=O) groups excluding carboxylic acids is 6. The Hall–Kier alpha value is -4.17. The zero-order chi connectivity index (χ0) is 42.6. The van der Waals surface area contributed by atoms with E-state index in [0.717, 1.165) is 0 Å². The number of carboxylic acid groups (broad SMARTS) is 1. The lowest BCUT2D eigenvalue weighted by Crippen LogP contribution is -2.62. The highest BCUT2D eigenvalue weighted by atomic mass is 32.2. The second-order valence-corrected chi connectivity index (χ2v) is 15.5. The normalized spacial score (nSPS) is 15.7. The van der Waals surface area contributed by atoms with Gasteiger partial charge in [-0.05, 0) is 54.9 Å². The first-order valence-electron chi connectivity index (χ1n) is 18.6. The monoisotopic (exact) mass is 802 g/mol. The Morgan fingerprint density at radius 2 is 1.07 bits per heavy atom. The van der Waals surface area contributed by atoms with Crippen molar-refractivity contribution in [2.75, 3.05) is 25.2 Å². The van der Waals surface area contributed by atoms with E-state index in [-0.39, 0.29) is 18.9 Å². The van der Waals surface area contributed by atoms with Gasteiger partial charge in [-0.2, -0.15) is 11.8 Å². The molecule has 0 heterocycles. The van der Waals surface area contributed by atoms with Crippen LogP contribution in [0.15, 0.2) is 4.99 Å². The van der Waals surface area contributed by atoms with Gasteiger partial charge < -0.3 is 59.3 Å². The summed E-state index contributed by atoms with van der Waals surface area (Å²) in [6.07, 6.45) is 3.09. The summed E-state index contributed by atoms with van der Waals surface area (Å²) < 4.78 is 0. The van der Waals surface area contributed by atoms with E-state index in [4.69, 9.17) is 17.2 Å². The molecule has 0 saturated carbocycles. The molecule has 14 N–H and O–H groups in total. The number of nitrogens with one attached hydrogen (secondary N) is 6. The third-order valence-electron chi connectivity index (χ3n) is 8.88. The summed E-state index contributed by atoms with van der Waals surface area (Å²) in [7, 11) is 0. The van der Waals surface area contributed by atoms with Crippen molar-refractivity contribution in [1.29, 1.82) is 0 Å². The predicted octanol–water partition coefficient (Wildman–Crippen LogP) is -1.88. The zero-order valence-electron chi connectivity index (χ0n) is 33.6. The van der Waals surface area contributed by atoms with Gasteiger partial charge in [0.2, 0.25) is 35.4 Å². The highest BCUT2D eigenvalue weighted by Gasteiger charge is 2.36. The van der Waals surface area contributed by atoms with E-state index in [1.165, 1.54) is 11.8 Å². The smallest absolute Gasteiger partial charge is 0.326 e. The highest BCUT2D eigenvalue weighted by molar-refractivity contribution is 7.98. The van der Waals surface area contributed by atoms with Crippen LogP contribution >= 0.6 is 11.8 Å². The first-order valence-corrected chi connectivity index (χ1v) is 20.0. The highest BCUT2D eigenvalue weighted by Crippen LogP contribution is 2.13. The summed E-state index contributed by atoms with van der Waals surface area (Å²) in [5, 5.41) is 35.0. The molecule has 55 heavy (non-hydrogen) atoms. The number of aliphatic hydroxyl groups is 1. The molecule has 0 spiro atoms. The number of amides is 6. The van der Waals surface area contributed by atoms with E-state index >= 15 is 0 Å². The van der Waals surface area contributed by atoms with Crippen molar-refractivity contribution in [2.45, 2.75) is 123 Å². The Bertz CT molecular complexity index is 1310. The Morgan fingerprint density at radius 3 is 1.49 bits per heavy atom. The Kier molecular flexibility index (Phi) is 23.9. The molecule has 0 aliphatic carbocycles. The summed E-state index contributed by atoms with van der Waals surface area (Å²) in [6, 6.07) is -8.32. The fourth-order valence-electron chi connectivity index (χ4n) is 5.16. The molecule has 0 aliphatic rings. The minimum absolute atomic E-state index is 0.121. The number of nitrogens with two attached hydrogens (primary N) is 3. The van der Waals surface area contributed by atoms with Gasteiger partial charge in [0.05, 0.1) is 12.6 Å². The van der Waals surface area contributed by atoms with E-state index in [0.29, 0.717) is 25.0 Å². The summed E-state index contributed by atoms with van der Waals surface area (Å²) in [5.74, 6) is -7.09. The van der Waals surface area contributed by atoms with E-state index in [1.54, 1.807) is 55.4 Å². The van der Waals surface area contributed by atoms with Crippen molar-refractivity contribution < 1.29 is 43.8 Å². The van der Waals surface area contributed by atoms with Gasteiger partial charge in [-0.15, -0.1) is 0 Å². The fourth-order valence-corrected chi connectivity index (χ4v) is 5.65. The maximum absolute atomic E-state index is 13.8. The molecule has 316 valence electrons. The molecule has 0 bridgehead atoms. The van der Waals surface area contributed by atoms with E-state index in [2.05, 4.69) is 36.9 Å². The van der Waals surface area contributed by atoms with Gasteiger partial charge >= 0.3 is 5.97 Å². The number of carbonyl (C=O) groups is 7. The van der Waals surface area contributed by atoms with Crippen LogP contribution in [0.1, 0.15) is 81.1 Å². The summed E-state index contributed by atoms with van der Waals surface area (Å²) in [5.41, 5.74) is 16.8. The van der Waals surface area contributed by atoms with Crippen LogP contribution in [-0.2, 0) is 33.6 Å². The summed E-state index contributed by atoms with van der Waals surface area (Å²) >= 11 is 1.52. The molecule has 0 aromatic rings. The molecule has 20 heteroatoms. The minimum Gasteiger partial charge on any atom is -0.480 e. The zero-order valence-corrected chi connectivity index (χ0v) is 34.5. The lowest BCUT2D eigenvalue weighted by molar-refractivity contribution is -0.144. The van der Waals surface area contributed by atoms with E-state index < -0.39 is 114 Å². The van der Waals surface area contributed by atoms with Gasteiger partial charge in [-0.1, -0.05) is 61.8 Å². The number of carboxylic acids is 1. The van der Waals surface area contributed by atoms with Crippen LogP contribution in [0.4, 0.5) is 0 Å². The Morgan fingerprint density at radius 1 is 0.636 bits per heavy atom. The number of rotatable bonds is 26. The number of hydrogen-bond donors (Lipinski definition) is 11. The molecular formula is C35H66N10O9S. The van der Waals surface area contributed by atoms with Gasteiger partial charge in [0.1, 0.15) is 36.3 Å². The molecule has 0 fully saturated rings. The molecule has 0 rings (SSSR count). The maximum Gasteiger partial charge on any atom is 0.326 e. The quantitative estimate of drug-likeness (QED) is 0.0260. The van der Waals surface area contributed by atoms with Crippen LogP contribution in [0, 0.1) is 23.7 Å². The number of aliphatic imine (C=N–C) groups is 1. The SMILES string of the molecule is CC[C@H](C)[C@H](NC(=O)[C@@H](NC(=O)[C@H](CCCN=C(N)N)NC(=O)[C@@H](N)CCSC)C(C)C)C(=O)N[C@@H](CO)C(=O)N[C@H](C(=O)N[C@H](C(=O)O)C(C)C)C(C)C. The lowest BCUT2D eigenvalue weighted by atomic mass is 9.96. The molecule has 0 aliphatic heterocycles. The first kappa shape index (κ1) is 50.8. The minimum atomic E-state index is -1.54. The number of hydrogen-bond acceptors (Lipinski definition) is 11. The average molecular weight is 803 g/mol. The number of aliphatic hydroxyl groups excluding tert-OH is 1. The second-order valence-electron chi connectivity index (χ2n) is 14.5. The van der Waals surface area contributed by atoms with Gasteiger partial charge in [0, 0.05) is 6.54 Å². The van der Waals surface area contributed by atoms with Gasteiger partial charge in [0.25, 0.3) is 0 Å². The molecule has 19 nitrogen and oxygen atoms in total. The van der Waals surface area contributed by atoms with Crippen LogP contribution in [0.5, 0.6) is 0 Å². The lowest BCUT2D eigenvalue weighted by Gasteiger charge is -2.30. The molecule has 0 aromatic heterocycles. The molecule has 0 unspecified atom stereocenters. The van der Waals surface area contributed by atoms with Crippen LogP contribution < -0.4 is 49.1 Å². The second kappa shape index (κ2) is 25.8. The van der Waals surface area contributed by atoms with Crippen molar-refractivity contribution in [3.63, 3.8) is 0 Å². The van der Waals surface area contributed by atoms with Gasteiger partial charge in [-0.3, -0.25) is 33.8 Å². The third kappa shape index (κ3) is 18.3. The standard InChI is InChI=1S/C35H66N10O9S/c1-10-20(8)27(33(52)41-23(16-46)30(49)43-24(17(2)3)31(50)44-26(19(6)7)34(53)54)45-32(51)25(18(4)5)42-29(48)22(12-11-14-39-35(37)38)40-28(47)21(36)13-15-55-9/h17-27,46H,10-16,36H2,1-9H3,(H,40,47)(H,41,52)(H,42,48)(H,43,49)(H,44,50)(H,45,51)(H,53,54)(H4,37,38,39)/t20-,21-,22-,23-,24-,25-,26-,27-/m0/s1. The molecule has 8 atom stereocenters. The van der Waals surface area contributed by atoms with E-state index in [1.807, 2.05) is 6.26 Å². The molecule has 0 aromatic carbocycles. The maximum atomic E-state index is 13.8. The van der Waals surface area contributed by atoms with Crippen LogP contribution in [-0.4, -0.2) is 125 Å².